The third kappa shape index (κ3) is 4.18. The summed E-state index contributed by atoms with van der Waals surface area (Å²) in [7, 11) is 1.54. The maximum absolute atomic E-state index is 12.7. The van der Waals surface area contributed by atoms with Crippen molar-refractivity contribution in [2.75, 3.05) is 13.6 Å². The predicted molar refractivity (Wildman–Crippen MR) is 95.7 cm³/mol. The lowest BCUT2D eigenvalue weighted by Crippen LogP contribution is -2.45. The third-order valence-corrected chi connectivity index (χ3v) is 4.78. The van der Waals surface area contributed by atoms with Crippen LogP contribution in [0.25, 0.3) is 0 Å². The van der Waals surface area contributed by atoms with Gasteiger partial charge in [0.25, 0.3) is 5.91 Å². The minimum absolute atomic E-state index is 0.128. The SMILES string of the molecule is CNC(=O)[C@@H]1C[C@@H](NC(=O)c2ccoc2)CN1C(=O)CCn1ccnc1C. The fourth-order valence-corrected chi connectivity index (χ4v) is 3.29. The Morgan fingerprint density at radius 1 is 1.37 bits per heavy atom. The van der Waals surface area contributed by atoms with E-state index in [1.54, 1.807) is 17.2 Å². The summed E-state index contributed by atoms with van der Waals surface area (Å²) in [5.74, 6) is 0.184. The van der Waals surface area contributed by atoms with E-state index in [2.05, 4.69) is 15.6 Å². The van der Waals surface area contributed by atoms with E-state index in [-0.39, 0.29) is 30.2 Å². The molecule has 27 heavy (non-hydrogen) atoms. The van der Waals surface area contributed by atoms with E-state index in [9.17, 15) is 14.4 Å². The Balaban J connectivity index is 1.64. The number of carbonyl (C=O) groups excluding carboxylic acids is 3. The molecule has 3 amide bonds. The first kappa shape index (κ1) is 18.7. The molecule has 9 nitrogen and oxygen atoms in total. The van der Waals surface area contributed by atoms with Gasteiger partial charge >= 0.3 is 0 Å². The topological polar surface area (TPSA) is 109 Å². The van der Waals surface area contributed by atoms with Crippen molar-refractivity contribution < 1.29 is 18.8 Å². The molecular weight excluding hydrogens is 350 g/mol. The van der Waals surface area contributed by atoms with Gasteiger partial charge in [-0.2, -0.15) is 0 Å². The number of nitrogens with one attached hydrogen (secondary N) is 2. The minimum Gasteiger partial charge on any atom is -0.472 e. The fraction of sp³-hybridized carbons (Fsp3) is 0.444. The molecule has 0 aliphatic carbocycles. The molecule has 144 valence electrons. The van der Waals surface area contributed by atoms with E-state index in [0.717, 1.165) is 5.82 Å². The lowest BCUT2D eigenvalue weighted by molar-refractivity contribution is -0.138. The van der Waals surface area contributed by atoms with Gasteiger partial charge in [0.2, 0.25) is 11.8 Å². The Kier molecular flexibility index (Phi) is 5.58. The van der Waals surface area contributed by atoms with Crippen molar-refractivity contribution in [1.29, 1.82) is 0 Å². The molecule has 1 aliphatic rings. The van der Waals surface area contributed by atoms with E-state index >= 15 is 0 Å². The van der Waals surface area contributed by atoms with Crippen LogP contribution in [0, 0.1) is 6.92 Å². The van der Waals surface area contributed by atoms with Crippen LogP contribution in [-0.2, 0) is 16.1 Å². The highest BCUT2D eigenvalue weighted by Gasteiger charge is 2.39. The first-order valence-corrected chi connectivity index (χ1v) is 8.81. The zero-order chi connectivity index (χ0) is 19.4. The molecule has 3 heterocycles. The Labute approximate surface area is 156 Å². The van der Waals surface area contributed by atoms with E-state index in [1.165, 1.54) is 19.6 Å². The lowest BCUT2D eigenvalue weighted by Gasteiger charge is -2.23. The molecule has 1 aliphatic heterocycles. The van der Waals surface area contributed by atoms with E-state index < -0.39 is 6.04 Å². The second-order valence-electron chi connectivity index (χ2n) is 6.51. The number of rotatable bonds is 6. The summed E-state index contributed by atoms with van der Waals surface area (Å²) >= 11 is 0. The molecule has 2 aromatic rings. The Bertz CT molecular complexity index is 814. The van der Waals surface area contributed by atoms with Crippen LogP contribution >= 0.6 is 0 Å². The van der Waals surface area contributed by atoms with Gasteiger partial charge in [-0.3, -0.25) is 14.4 Å². The first-order valence-electron chi connectivity index (χ1n) is 8.81. The molecule has 0 saturated carbocycles. The Morgan fingerprint density at radius 3 is 2.81 bits per heavy atom. The van der Waals surface area contributed by atoms with Gasteiger partial charge < -0.3 is 24.5 Å². The number of hydrogen-bond acceptors (Lipinski definition) is 5. The highest BCUT2D eigenvalue weighted by molar-refractivity contribution is 5.94. The highest BCUT2D eigenvalue weighted by Crippen LogP contribution is 2.20. The second-order valence-corrected chi connectivity index (χ2v) is 6.51. The standard InChI is InChI=1S/C18H23N5O4/c1-12-20-5-7-22(12)6-3-16(24)23-10-14(9-15(23)18(26)19-2)21-17(25)13-4-8-27-11-13/h4-5,7-8,11,14-15H,3,6,9-10H2,1-2H3,(H,19,26)(H,21,25)/t14-,15+/m1/s1. The molecular formula is C18H23N5O4. The summed E-state index contributed by atoms with van der Waals surface area (Å²) < 4.78 is 6.81. The smallest absolute Gasteiger partial charge is 0.254 e. The number of furan rings is 1. The van der Waals surface area contributed by atoms with Crippen molar-refractivity contribution in [3.63, 3.8) is 0 Å². The number of aromatic nitrogens is 2. The number of carbonyl (C=O) groups is 3. The number of hydrogen-bond donors (Lipinski definition) is 2. The van der Waals surface area contributed by atoms with E-state index in [1.807, 2.05) is 17.7 Å². The molecule has 9 heteroatoms. The lowest BCUT2D eigenvalue weighted by atomic mass is 10.1. The summed E-state index contributed by atoms with van der Waals surface area (Å²) in [4.78, 5) is 42.9. The van der Waals surface area contributed by atoms with Crippen LogP contribution in [0.3, 0.4) is 0 Å². The first-order chi connectivity index (χ1) is 13.0. The molecule has 0 spiro atoms. The molecule has 1 fully saturated rings. The normalized spacial score (nSPS) is 19.1. The number of imidazole rings is 1. The molecule has 0 bridgehead atoms. The maximum atomic E-state index is 12.7. The Hall–Kier alpha value is -3.10. The van der Waals surface area contributed by atoms with Gasteiger partial charge in [0.15, 0.2) is 0 Å². The average molecular weight is 373 g/mol. The van der Waals surface area contributed by atoms with Crippen molar-refractivity contribution in [1.82, 2.24) is 25.1 Å². The maximum Gasteiger partial charge on any atom is 0.254 e. The van der Waals surface area contributed by atoms with Gasteiger partial charge in [0, 0.05) is 45.0 Å². The molecule has 0 unspecified atom stereocenters. The van der Waals surface area contributed by atoms with E-state index in [0.29, 0.717) is 25.1 Å². The van der Waals surface area contributed by atoms with Crippen LogP contribution in [0.2, 0.25) is 0 Å². The van der Waals surface area contributed by atoms with Crippen LogP contribution in [0.4, 0.5) is 0 Å². The van der Waals surface area contributed by atoms with Crippen LogP contribution in [0.1, 0.15) is 29.0 Å². The molecule has 0 aromatic carbocycles. The molecule has 1 saturated heterocycles. The van der Waals surface area contributed by atoms with Crippen molar-refractivity contribution in [3.8, 4) is 0 Å². The van der Waals surface area contributed by atoms with Crippen LogP contribution in [0.5, 0.6) is 0 Å². The minimum atomic E-state index is -0.596. The summed E-state index contributed by atoms with van der Waals surface area (Å²) in [5.41, 5.74) is 0.409. The monoisotopic (exact) mass is 373 g/mol. The van der Waals surface area contributed by atoms with Crippen LogP contribution in [0.15, 0.2) is 35.4 Å². The summed E-state index contributed by atoms with van der Waals surface area (Å²) in [6.45, 7) is 2.66. The van der Waals surface area contributed by atoms with Crippen molar-refractivity contribution in [2.24, 2.45) is 0 Å². The van der Waals surface area contributed by atoms with Gasteiger partial charge in [-0.15, -0.1) is 0 Å². The number of likely N-dealkylation sites (N-methyl/N-ethyl adjacent to an activating group) is 1. The zero-order valence-corrected chi connectivity index (χ0v) is 15.3. The number of amides is 3. The van der Waals surface area contributed by atoms with Crippen molar-refractivity contribution in [2.45, 2.75) is 38.4 Å². The van der Waals surface area contributed by atoms with Gasteiger partial charge in [-0.25, -0.2) is 4.98 Å². The molecule has 2 N–H and O–H groups in total. The fourth-order valence-electron chi connectivity index (χ4n) is 3.29. The summed E-state index contributed by atoms with van der Waals surface area (Å²) in [6.07, 6.45) is 6.91. The number of nitrogens with zero attached hydrogens (tertiary/aromatic N) is 3. The second kappa shape index (κ2) is 8.07. The van der Waals surface area contributed by atoms with Crippen LogP contribution < -0.4 is 10.6 Å². The highest BCUT2D eigenvalue weighted by atomic mass is 16.3. The van der Waals surface area contributed by atoms with Crippen LogP contribution in [-0.4, -0.2) is 57.8 Å². The average Bonchev–Trinajstić information content (AvgIpc) is 3.40. The molecule has 2 atom stereocenters. The number of aryl methyl sites for hydroxylation is 2. The Morgan fingerprint density at radius 2 is 2.19 bits per heavy atom. The van der Waals surface area contributed by atoms with Crippen molar-refractivity contribution in [3.05, 3.63) is 42.4 Å². The van der Waals surface area contributed by atoms with Gasteiger partial charge in [0.05, 0.1) is 11.8 Å². The zero-order valence-electron chi connectivity index (χ0n) is 15.3. The summed E-state index contributed by atoms with van der Waals surface area (Å²) in [6, 6.07) is 0.673. The predicted octanol–water partition coefficient (Wildman–Crippen LogP) is 0.320. The molecule has 3 rings (SSSR count). The molecule has 2 aromatic heterocycles. The largest absolute Gasteiger partial charge is 0.472 e. The third-order valence-electron chi connectivity index (χ3n) is 4.78. The summed E-state index contributed by atoms with van der Waals surface area (Å²) in [5, 5.41) is 5.46. The van der Waals surface area contributed by atoms with Gasteiger partial charge in [-0.1, -0.05) is 0 Å². The quantitative estimate of drug-likeness (QED) is 0.758. The molecule has 0 radical (unpaired) electrons. The van der Waals surface area contributed by atoms with Gasteiger partial charge in [0.1, 0.15) is 18.1 Å². The van der Waals surface area contributed by atoms with Crippen molar-refractivity contribution >= 4 is 17.7 Å². The van der Waals surface area contributed by atoms with E-state index in [4.69, 9.17) is 4.42 Å². The number of likely N-dealkylation sites (tertiary alicyclic amines) is 1. The van der Waals surface area contributed by atoms with Gasteiger partial charge in [-0.05, 0) is 19.4 Å².